The molecule has 0 spiro atoms. The Morgan fingerprint density at radius 1 is 0.783 bits per heavy atom. The highest BCUT2D eigenvalue weighted by Crippen LogP contribution is 2.46. The van der Waals surface area contributed by atoms with E-state index >= 15 is 0 Å². The third-order valence-corrected chi connectivity index (χ3v) is 4.70. The summed E-state index contributed by atoms with van der Waals surface area (Å²) in [5.41, 5.74) is 5.46. The Labute approximate surface area is 139 Å². The van der Waals surface area contributed by atoms with Gasteiger partial charge in [-0.2, -0.15) is 0 Å². The molecule has 0 radical (unpaired) electrons. The third kappa shape index (κ3) is 2.59. The maximum absolute atomic E-state index is 2.34. The van der Waals surface area contributed by atoms with Gasteiger partial charge in [-0.25, -0.2) is 0 Å². The molecule has 2 bridgehead atoms. The molecule has 0 atom stereocenters. The molecule has 116 valence electrons. The van der Waals surface area contributed by atoms with Crippen LogP contribution < -0.4 is 0 Å². The smallest absolute Gasteiger partial charge is 0.0152 e. The van der Waals surface area contributed by atoms with Crippen LogP contribution in [-0.2, 0) is 0 Å². The summed E-state index contributed by atoms with van der Waals surface area (Å²) in [5.74, 6) is 0. The first-order valence-corrected chi connectivity index (χ1v) is 8.47. The molecular formula is C23H24. The maximum atomic E-state index is 2.34. The Kier molecular flexibility index (Phi) is 4.09. The van der Waals surface area contributed by atoms with Crippen LogP contribution >= 0.6 is 0 Å². The molecule has 4 rings (SSSR count). The molecular weight excluding hydrogens is 276 g/mol. The van der Waals surface area contributed by atoms with Gasteiger partial charge in [0.25, 0.3) is 0 Å². The molecule has 0 amide bonds. The summed E-state index contributed by atoms with van der Waals surface area (Å²) >= 11 is 0. The number of benzene rings is 2. The van der Waals surface area contributed by atoms with Crippen molar-refractivity contribution in [3.63, 3.8) is 0 Å². The van der Waals surface area contributed by atoms with Crippen LogP contribution in [0.25, 0.3) is 22.4 Å². The maximum Gasteiger partial charge on any atom is 0.0152 e. The van der Waals surface area contributed by atoms with Crippen LogP contribution in [0.4, 0.5) is 0 Å². The average molecular weight is 300 g/mol. The van der Waals surface area contributed by atoms with Crippen molar-refractivity contribution in [2.45, 2.75) is 27.7 Å². The topological polar surface area (TPSA) is 0 Å². The van der Waals surface area contributed by atoms with Gasteiger partial charge in [-0.3, -0.25) is 0 Å². The Morgan fingerprint density at radius 3 is 2.17 bits per heavy atom. The van der Waals surface area contributed by atoms with Crippen molar-refractivity contribution < 1.29 is 0 Å². The van der Waals surface area contributed by atoms with Crippen molar-refractivity contribution in [2.24, 2.45) is 5.41 Å². The Balaban J connectivity index is 0.000000753. The minimum absolute atomic E-state index is 0.0354. The number of hydrogen-bond acceptors (Lipinski definition) is 0. The summed E-state index contributed by atoms with van der Waals surface area (Å²) in [6, 6.07) is 13.2. The summed E-state index contributed by atoms with van der Waals surface area (Å²) in [6.45, 7) is 8.62. The lowest BCUT2D eigenvalue weighted by Crippen LogP contribution is -2.15. The molecule has 23 heavy (non-hydrogen) atoms. The van der Waals surface area contributed by atoms with E-state index < -0.39 is 0 Å². The van der Waals surface area contributed by atoms with Gasteiger partial charge in [0.1, 0.15) is 0 Å². The zero-order valence-electron chi connectivity index (χ0n) is 14.4. The molecule has 0 heteroatoms. The van der Waals surface area contributed by atoms with E-state index in [9.17, 15) is 0 Å². The quantitative estimate of drug-likeness (QED) is 0.502. The fourth-order valence-electron chi connectivity index (χ4n) is 3.38. The van der Waals surface area contributed by atoms with Gasteiger partial charge < -0.3 is 0 Å². The molecule has 0 N–H and O–H groups in total. The van der Waals surface area contributed by atoms with Crippen LogP contribution in [0.15, 0.2) is 72.4 Å². The van der Waals surface area contributed by atoms with Gasteiger partial charge in [0, 0.05) is 5.41 Å². The fourth-order valence-corrected chi connectivity index (χ4v) is 3.38. The summed E-state index contributed by atoms with van der Waals surface area (Å²) in [6.07, 6.45) is 13.3. The van der Waals surface area contributed by atoms with E-state index in [4.69, 9.17) is 0 Å². The highest BCUT2D eigenvalue weighted by Gasteiger charge is 2.30. The summed E-state index contributed by atoms with van der Waals surface area (Å²) in [4.78, 5) is 0. The van der Waals surface area contributed by atoms with E-state index in [2.05, 4.69) is 86.7 Å². The van der Waals surface area contributed by atoms with Crippen LogP contribution in [0.3, 0.4) is 0 Å². The molecule has 0 saturated heterocycles. The standard InChI is InChI=1S/C21H18.C2H6/c1-21(2)18-9-5-6-10-20(21)19-14-16-8-4-3-7-15(16)13-17(19)11-12-18;1-2/h3-14H,1-2H3;1-2H3. The molecule has 2 aliphatic carbocycles. The molecule has 0 unspecified atom stereocenters. The molecule has 0 heterocycles. The summed E-state index contributed by atoms with van der Waals surface area (Å²) in [5, 5.41) is 2.61. The lowest BCUT2D eigenvalue weighted by molar-refractivity contribution is 0.621. The van der Waals surface area contributed by atoms with E-state index in [1.807, 2.05) is 13.8 Å². The van der Waals surface area contributed by atoms with Crippen LogP contribution in [0.1, 0.15) is 38.8 Å². The Hall–Kier alpha value is -2.34. The van der Waals surface area contributed by atoms with E-state index in [0.717, 1.165) is 0 Å². The van der Waals surface area contributed by atoms with Crippen LogP contribution in [0.5, 0.6) is 0 Å². The molecule has 2 aromatic rings. The second-order valence-electron chi connectivity index (χ2n) is 6.33. The zero-order chi connectivity index (χ0) is 16.4. The number of rotatable bonds is 0. The minimum Gasteiger partial charge on any atom is -0.0683 e. The number of hydrogen-bond donors (Lipinski definition) is 0. The SMILES string of the molecule is CC.CC1(C)C2=CC=CC=C1c1cc3ccccc3cc1C=C2. The first kappa shape index (κ1) is 15.6. The summed E-state index contributed by atoms with van der Waals surface area (Å²) in [7, 11) is 0. The number of fused-ring (bicyclic) bond motifs is 5. The Bertz CT molecular complexity index is 855. The molecule has 0 fully saturated rings. The molecule has 2 aliphatic rings. The third-order valence-electron chi connectivity index (χ3n) is 4.70. The van der Waals surface area contributed by atoms with Gasteiger partial charge in [-0.1, -0.05) is 88.4 Å². The van der Waals surface area contributed by atoms with E-state index in [1.54, 1.807) is 0 Å². The monoisotopic (exact) mass is 300 g/mol. The molecule has 0 aliphatic heterocycles. The highest BCUT2D eigenvalue weighted by molar-refractivity contribution is 5.93. The molecule has 2 aromatic carbocycles. The van der Waals surface area contributed by atoms with Gasteiger partial charge >= 0.3 is 0 Å². The summed E-state index contributed by atoms with van der Waals surface area (Å²) < 4.78 is 0. The minimum atomic E-state index is 0.0354. The zero-order valence-corrected chi connectivity index (χ0v) is 14.4. The lowest BCUT2D eigenvalue weighted by Gasteiger charge is -2.28. The van der Waals surface area contributed by atoms with Crippen LogP contribution in [-0.4, -0.2) is 0 Å². The fraction of sp³-hybridized carbons (Fsp3) is 0.217. The van der Waals surface area contributed by atoms with Crippen molar-refractivity contribution >= 4 is 22.4 Å². The average Bonchev–Trinajstić information content (AvgIpc) is 2.78. The molecule has 0 saturated carbocycles. The highest BCUT2D eigenvalue weighted by atomic mass is 14.3. The van der Waals surface area contributed by atoms with Crippen molar-refractivity contribution in [2.75, 3.05) is 0 Å². The molecule has 0 nitrogen and oxygen atoms in total. The van der Waals surface area contributed by atoms with Gasteiger partial charge in [-0.15, -0.1) is 0 Å². The van der Waals surface area contributed by atoms with Gasteiger partial charge in [0.15, 0.2) is 0 Å². The Morgan fingerprint density at radius 2 is 1.43 bits per heavy atom. The normalized spacial score (nSPS) is 17.2. The van der Waals surface area contributed by atoms with E-state index in [-0.39, 0.29) is 5.41 Å². The predicted octanol–water partition coefficient (Wildman–Crippen LogP) is 6.80. The van der Waals surface area contributed by atoms with Crippen molar-refractivity contribution in [1.29, 1.82) is 0 Å². The van der Waals surface area contributed by atoms with Gasteiger partial charge in [0.2, 0.25) is 0 Å². The van der Waals surface area contributed by atoms with Gasteiger partial charge in [-0.05, 0) is 45.2 Å². The van der Waals surface area contributed by atoms with Gasteiger partial charge in [0.05, 0.1) is 0 Å². The van der Waals surface area contributed by atoms with Crippen molar-refractivity contribution in [3.05, 3.63) is 83.5 Å². The first-order valence-electron chi connectivity index (χ1n) is 8.47. The molecule has 0 aromatic heterocycles. The first-order chi connectivity index (χ1) is 11.2. The largest absolute Gasteiger partial charge is 0.0683 e. The van der Waals surface area contributed by atoms with E-state index in [1.165, 1.54) is 33.0 Å². The van der Waals surface area contributed by atoms with Crippen LogP contribution in [0, 0.1) is 5.41 Å². The van der Waals surface area contributed by atoms with Crippen molar-refractivity contribution in [3.8, 4) is 0 Å². The number of allylic oxidation sites excluding steroid dienone is 7. The predicted molar refractivity (Wildman–Crippen MR) is 103 cm³/mol. The van der Waals surface area contributed by atoms with Crippen molar-refractivity contribution in [1.82, 2.24) is 0 Å². The second kappa shape index (κ2) is 6.04. The second-order valence-corrected chi connectivity index (χ2v) is 6.33. The van der Waals surface area contributed by atoms with Crippen LogP contribution in [0.2, 0.25) is 0 Å². The van der Waals surface area contributed by atoms with E-state index in [0.29, 0.717) is 0 Å². The lowest BCUT2D eigenvalue weighted by atomic mass is 9.75.